The molecule has 0 aromatic carbocycles. The van der Waals surface area contributed by atoms with Gasteiger partial charge in [-0.2, -0.15) is 0 Å². The minimum absolute atomic E-state index is 1.02. The summed E-state index contributed by atoms with van der Waals surface area (Å²) in [4.78, 5) is 4.27. The monoisotopic (exact) mass is 153 g/mol. The Kier molecular flexibility index (Phi) is 2.39. The molecule has 1 aromatic heterocycles. The van der Waals surface area contributed by atoms with E-state index in [1.54, 1.807) is 0 Å². The summed E-state index contributed by atoms with van der Waals surface area (Å²) in [6.45, 7) is 4.05. The Balaban J connectivity index is 3.06. The minimum atomic E-state index is 1.02. The lowest BCUT2D eigenvalue weighted by Crippen LogP contribution is -1.88. The fourth-order valence-corrected chi connectivity index (χ4v) is 1.27. The third kappa shape index (κ3) is 1.78. The lowest BCUT2D eigenvalue weighted by atomic mass is 10.2. The van der Waals surface area contributed by atoms with Crippen molar-refractivity contribution in [1.29, 1.82) is 0 Å². The van der Waals surface area contributed by atoms with E-state index < -0.39 is 0 Å². The second-order valence-corrected chi connectivity index (χ2v) is 2.87. The molecule has 1 unspecified atom stereocenters. The van der Waals surface area contributed by atoms with Crippen LogP contribution in [-0.4, -0.2) is 4.98 Å². The number of hydrogen-bond donors (Lipinski definition) is 0. The fourth-order valence-electron chi connectivity index (χ4n) is 1.04. The van der Waals surface area contributed by atoms with Gasteiger partial charge in [0.1, 0.15) is 0 Å². The van der Waals surface area contributed by atoms with Gasteiger partial charge in [-0.05, 0) is 37.7 Å². The van der Waals surface area contributed by atoms with Crippen molar-refractivity contribution >= 4 is 9.24 Å². The Bertz CT molecular complexity index is 212. The highest BCUT2D eigenvalue weighted by Crippen LogP contribution is 2.08. The van der Waals surface area contributed by atoms with Crippen molar-refractivity contribution in [2.75, 3.05) is 0 Å². The van der Waals surface area contributed by atoms with Crippen molar-refractivity contribution in [2.24, 2.45) is 0 Å². The fraction of sp³-hybridized carbons (Fsp3) is 0.375. The van der Waals surface area contributed by atoms with Gasteiger partial charge in [0.2, 0.25) is 0 Å². The molecule has 0 saturated heterocycles. The molecule has 1 atom stereocenters. The van der Waals surface area contributed by atoms with Gasteiger partial charge in [-0.1, -0.05) is 0 Å². The number of pyridine rings is 1. The quantitative estimate of drug-likeness (QED) is 0.563. The SMILES string of the molecule is Cc1cc(CP)cc(C)n1. The lowest BCUT2D eigenvalue weighted by molar-refractivity contribution is 1.10. The zero-order chi connectivity index (χ0) is 7.56. The predicted molar refractivity (Wildman–Crippen MR) is 47.1 cm³/mol. The van der Waals surface area contributed by atoms with Crippen LogP contribution in [0.25, 0.3) is 0 Å². The molecule has 0 aliphatic rings. The van der Waals surface area contributed by atoms with Gasteiger partial charge in [-0.25, -0.2) is 0 Å². The first kappa shape index (κ1) is 7.68. The highest BCUT2D eigenvalue weighted by Gasteiger charge is 1.92. The molecule has 0 saturated carbocycles. The van der Waals surface area contributed by atoms with E-state index >= 15 is 0 Å². The zero-order valence-corrected chi connectivity index (χ0v) is 7.54. The average Bonchev–Trinajstić information content (AvgIpc) is 1.85. The molecule has 0 spiro atoms. The molecule has 1 rings (SSSR count). The third-order valence-electron chi connectivity index (χ3n) is 1.38. The third-order valence-corrected chi connectivity index (χ3v) is 1.85. The minimum Gasteiger partial charge on any atom is -0.258 e. The van der Waals surface area contributed by atoms with Crippen LogP contribution in [0.1, 0.15) is 17.0 Å². The van der Waals surface area contributed by atoms with Gasteiger partial charge in [-0.3, -0.25) is 4.98 Å². The van der Waals surface area contributed by atoms with Crippen LogP contribution in [0.4, 0.5) is 0 Å². The van der Waals surface area contributed by atoms with Crippen LogP contribution in [-0.2, 0) is 6.16 Å². The Morgan fingerprint density at radius 1 is 1.30 bits per heavy atom. The van der Waals surface area contributed by atoms with E-state index in [1.165, 1.54) is 5.56 Å². The molecule has 0 radical (unpaired) electrons. The Morgan fingerprint density at radius 3 is 2.20 bits per heavy atom. The van der Waals surface area contributed by atoms with Crippen molar-refractivity contribution in [3.63, 3.8) is 0 Å². The standard InChI is InChI=1S/C8H12NP/c1-6-3-8(5-10)4-7(2)9-6/h3-4H,5,10H2,1-2H3. The normalized spacial score (nSPS) is 9.90. The molecule has 0 amide bonds. The molecule has 0 aliphatic heterocycles. The molecule has 0 bridgehead atoms. The number of aromatic nitrogens is 1. The molecule has 0 fully saturated rings. The highest BCUT2D eigenvalue weighted by atomic mass is 31.0. The summed E-state index contributed by atoms with van der Waals surface area (Å²) >= 11 is 0. The molecule has 0 aliphatic carbocycles. The summed E-state index contributed by atoms with van der Waals surface area (Å²) < 4.78 is 0. The number of nitrogens with zero attached hydrogens (tertiary/aromatic N) is 1. The maximum absolute atomic E-state index is 4.27. The van der Waals surface area contributed by atoms with Crippen molar-refractivity contribution < 1.29 is 0 Å². The van der Waals surface area contributed by atoms with E-state index in [9.17, 15) is 0 Å². The molecule has 54 valence electrons. The van der Waals surface area contributed by atoms with E-state index in [1.807, 2.05) is 13.8 Å². The summed E-state index contributed by atoms with van der Waals surface area (Å²) in [5.41, 5.74) is 3.56. The second-order valence-electron chi connectivity index (χ2n) is 2.46. The smallest absolute Gasteiger partial charge is 0.0378 e. The van der Waals surface area contributed by atoms with Crippen LogP contribution in [0, 0.1) is 13.8 Å². The molecule has 10 heavy (non-hydrogen) atoms. The van der Waals surface area contributed by atoms with Crippen LogP contribution in [0.15, 0.2) is 12.1 Å². The van der Waals surface area contributed by atoms with Crippen LogP contribution >= 0.6 is 9.24 Å². The summed E-state index contributed by atoms with van der Waals surface area (Å²) in [7, 11) is 2.71. The Hall–Kier alpha value is -0.420. The average molecular weight is 153 g/mol. The van der Waals surface area contributed by atoms with Crippen LogP contribution < -0.4 is 0 Å². The molecular weight excluding hydrogens is 141 g/mol. The lowest BCUT2D eigenvalue weighted by Gasteiger charge is -1.99. The molecule has 2 heteroatoms. The van der Waals surface area contributed by atoms with Crippen molar-refractivity contribution in [3.8, 4) is 0 Å². The van der Waals surface area contributed by atoms with Crippen molar-refractivity contribution in [2.45, 2.75) is 20.0 Å². The largest absolute Gasteiger partial charge is 0.258 e. The van der Waals surface area contributed by atoms with E-state index in [0.29, 0.717) is 0 Å². The first-order chi connectivity index (χ1) is 4.72. The van der Waals surface area contributed by atoms with E-state index in [4.69, 9.17) is 0 Å². The highest BCUT2D eigenvalue weighted by molar-refractivity contribution is 7.15. The molecule has 1 heterocycles. The summed E-state index contributed by atoms with van der Waals surface area (Å²) in [6, 6.07) is 4.22. The van der Waals surface area contributed by atoms with Gasteiger partial charge in [0.05, 0.1) is 0 Å². The van der Waals surface area contributed by atoms with Gasteiger partial charge in [0.15, 0.2) is 0 Å². The topological polar surface area (TPSA) is 12.9 Å². The van der Waals surface area contributed by atoms with Crippen LogP contribution in [0.3, 0.4) is 0 Å². The first-order valence-electron chi connectivity index (χ1n) is 3.36. The van der Waals surface area contributed by atoms with Crippen LogP contribution in [0.2, 0.25) is 0 Å². The van der Waals surface area contributed by atoms with Gasteiger partial charge in [0.25, 0.3) is 0 Å². The van der Waals surface area contributed by atoms with Gasteiger partial charge >= 0.3 is 0 Å². The maximum Gasteiger partial charge on any atom is 0.0378 e. The maximum atomic E-state index is 4.27. The molecule has 1 aromatic rings. The van der Waals surface area contributed by atoms with Crippen LogP contribution in [0.5, 0.6) is 0 Å². The zero-order valence-electron chi connectivity index (χ0n) is 6.39. The van der Waals surface area contributed by atoms with Crippen molar-refractivity contribution in [1.82, 2.24) is 4.98 Å². The number of aryl methyl sites for hydroxylation is 2. The number of hydrogen-bond acceptors (Lipinski definition) is 1. The molecule has 0 N–H and O–H groups in total. The van der Waals surface area contributed by atoms with Crippen molar-refractivity contribution in [3.05, 3.63) is 29.1 Å². The van der Waals surface area contributed by atoms with Gasteiger partial charge in [-0.15, -0.1) is 9.24 Å². The van der Waals surface area contributed by atoms with E-state index in [2.05, 4.69) is 26.4 Å². The summed E-state index contributed by atoms with van der Waals surface area (Å²) in [6.07, 6.45) is 1.02. The van der Waals surface area contributed by atoms with Gasteiger partial charge < -0.3 is 0 Å². The molecule has 1 nitrogen and oxygen atoms in total. The van der Waals surface area contributed by atoms with E-state index in [0.717, 1.165) is 17.5 Å². The van der Waals surface area contributed by atoms with Gasteiger partial charge in [0, 0.05) is 11.4 Å². The predicted octanol–water partition coefficient (Wildman–Crippen LogP) is 2.07. The Labute approximate surface area is 64.1 Å². The molecular formula is C8H12NP. The number of rotatable bonds is 1. The van der Waals surface area contributed by atoms with E-state index in [-0.39, 0.29) is 0 Å². The first-order valence-corrected chi connectivity index (χ1v) is 4.18. The Morgan fingerprint density at radius 2 is 1.80 bits per heavy atom. The summed E-state index contributed by atoms with van der Waals surface area (Å²) in [5.74, 6) is 0. The second kappa shape index (κ2) is 3.12. The summed E-state index contributed by atoms with van der Waals surface area (Å²) in [5, 5.41) is 0.